The molecule has 0 spiro atoms. The summed E-state index contributed by atoms with van der Waals surface area (Å²) in [6.07, 6.45) is 0. The first kappa shape index (κ1) is 11.9. The van der Waals surface area contributed by atoms with Crippen LogP contribution in [0.1, 0.15) is 0 Å². The monoisotopic (exact) mass is 284 g/mol. The van der Waals surface area contributed by atoms with Crippen LogP contribution in [0.4, 0.5) is 0 Å². The molecule has 106 valence electrons. The Hall–Kier alpha value is -2.89. The average Bonchev–Trinajstić information content (AvgIpc) is 3.09. The molecule has 0 bridgehead atoms. The zero-order valence-electron chi connectivity index (χ0n) is 11.2. The lowest BCUT2D eigenvalue weighted by atomic mass is 10.0. The highest BCUT2D eigenvalue weighted by Crippen LogP contribution is 2.43. The molecular formula is C15H12N2O4. The number of benzene rings is 2. The van der Waals surface area contributed by atoms with Crippen molar-refractivity contribution in [2.24, 2.45) is 0 Å². The Morgan fingerprint density at radius 2 is 1.90 bits per heavy atom. The molecule has 0 fully saturated rings. The second-order valence-corrected chi connectivity index (χ2v) is 4.71. The first-order chi connectivity index (χ1) is 10.3. The van der Waals surface area contributed by atoms with Crippen LogP contribution >= 0.6 is 0 Å². The maximum Gasteiger partial charge on any atom is 0.323 e. The van der Waals surface area contributed by atoms with Crippen molar-refractivity contribution >= 4 is 11.0 Å². The van der Waals surface area contributed by atoms with Crippen molar-refractivity contribution in [3.05, 3.63) is 40.8 Å². The van der Waals surface area contributed by atoms with Gasteiger partial charge in [-0.05, 0) is 12.1 Å². The van der Waals surface area contributed by atoms with E-state index in [2.05, 4.69) is 9.97 Å². The third kappa shape index (κ3) is 1.76. The minimum absolute atomic E-state index is 0.202. The molecule has 0 radical (unpaired) electrons. The Morgan fingerprint density at radius 3 is 2.71 bits per heavy atom. The van der Waals surface area contributed by atoms with Gasteiger partial charge in [-0.2, -0.15) is 0 Å². The van der Waals surface area contributed by atoms with Crippen LogP contribution in [-0.2, 0) is 0 Å². The van der Waals surface area contributed by atoms with Gasteiger partial charge in [-0.25, -0.2) is 4.79 Å². The van der Waals surface area contributed by atoms with Crippen LogP contribution in [0.5, 0.6) is 17.2 Å². The molecule has 0 unspecified atom stereocenters. The molecule has 0 saturated carbocycles. The fraction of sp³-hybridized carbons (Fsp3) is 0.133. The third-order valence-electron chi connectivity index (χ3n) is 3.54. The van der Waals surface area contributed by atoms with E-state index in [-0.39, 0.29) is 12.5 Å². The molecule has 6 nitrogen and oxygen atoms in total. The number of hydrogen-bond donors (Lipinski definition) is 2. The smallest absolute Gasteiger partial charge is 0.323 e. The number of para-hydroxylation sites is 1. The number of imidazole rings is 1. The first-order valence-corrected chi connectivity index (χ1v) is 6.45. The highest BCUT2D eigenvalue weighted by atomic mass is 16.7. The van der Waals surface area contributed by atoms with Gasteiger partial charge >= 0.3 is 5.69 Å². The van der Waals surface area contributed by atoms with Gasteiger partial charge in [0.05, 0.1) is 18.1 Å². The van der Waals surface area contributed by atoms with E-state index in [1.807, 2.05) is 24.3 Å². The standard InChI is InChI=1S/C15H12N2O4/c1-19-11-6-13-12(20-7-21-13)5-9(11)8-3-2-4-10-14(8)17-15(18)16-10/h2-6H,7H2,1H3,(H2,16,17,18). The predicted octanol–water partition coefficient (Wildman–Crippen LogP) is 2.26. The fourth-order valence-corrected chi connectivity index (χ4v) is 2.59. The molecule has 0 saturated heterocycles. The van der Waals surface area contributed by atoms with Gasteiger partial charge in [0.2, 0.25) is 6.79 Å². The lowest BCUT2D eigenvalue weighted by Gasteiger charge is -2.10. The van der Waals surface area contributed by atoms with E-state index in [0.717, 1.165) is 22.2 Å². The molecule has 4 rings (SSSR count). The summed E-state index contributed by atoms with van der Waals surface area (Å²) in [6, 6.07) is 9.30. The molecule has 2 heterocycles. The van der Waals surface area contributed by atoms with E-state index in [1.165, 1.54) is 0 Å². The Labute approximate surface area is 119 Å². The lowest BCUT2D eigenvalue weighted by molar-refractivity contribution is 0.174. The zero-order chi connectivity index (χ0) is 14.4. The van der Waals surface area contributed by atoms with Gasteiger partial charge in [-0.15, -0.1) is 0 Å². The first-order valence-electron chi connectivity index (χ1n) is 6.45. The second kappa shape index (κ2) is 4.31. The summed E-state index contributed by atoms with van der Waals surface area (Å²) >= 11 is 0. The molecule has 1 aliphatic heterocycles. The molecule has 21 heavy (non-hydrogen) atoms. The van der Waals surface area contributed by atoms with Crippen LogP contribution in [0.15, 0.2) is 35.1 Å². The Kier molecular flexibility index (Phi) is 2.44. The quantitative estimate of drug-likeness (QED) is 0.756. The molecule has 0 amide bonds. The van der Waals surface area contributed by atoms with Crippen LogP contribution in [0.2, 0.25) is 0 Å². The van der Waals surface area contributed by atoms with Crippen molar-refractivity contribution < 1.29 is 14.2 Å². The summed E-state index contributed by atoms with van der Waals surface area (Å²) in [5, 5.41) is 0. The summed E-state index contributed by atoms with van der Waals surface area (Å²) in [6.45, 7) is 0.202. The number of ether oxygens (including phenoxy) is 3. The molecule has 0 atom stereocenters. The van der Waals surface area contributed by atoms with Crippen molar-refractivity contribution in [1.82, 2.24) is 9.97 Å². The minimum atomic E-state index is -0.239. The largest absolute Gasteiger partial charge is 0.496 e. The summed E-state index contributed by atoms with van der Waals surface area (Å²) in [7, 11) is 1.60. The van der Waals surface area contributed by atoms with Crippen molar-refractivity contribution in [2.45, 2.75) is 0 Å². The van der Waals surface area contributed by atoms with Crippen LogP contribution in [0.25, 0.3) is 22.2 Å². The van der Waals surface area contributed by atoms with Gasteiger partial charge in [-0.1, -0.05) is 12.1 Å². The fourth-order valence-electron chi connectivity index (χ4n) is 2.59. The van der Waals surface area contributed by atoms with Gasteiger partial charge in [0, 0.05) is 17.2 Å². The molecule has 6 heteroatoms. The molecule has 2 N–H and O–H groups in total. The number of hydrogen-bond acceptors (Lipinski definition) is 4. The van der Waals surface area contributed by atoms with Crippen LogP contribution in [-0.4, -0.2) is 23.9 Å². The lowest BCUT2D eigenvalue weighted by Crippen LogP contribution is -1.99. The van der Waals surface area contributed by atoms with Crippen LogP contribution in [0, 0.1) is 0 Å². The van der Waals surface area contributed by atoms with Gasteiger partial charge in [0.15, 0.2) is 11.5 Å². The van der Waals surface area contributed by atoms with Crippen molar-refractivity contribution in [3.63, 3.8) is 0 Å². The second-order valence-electron chi connectivity index (χ2n) is 4.71. The van der Waals surface area contributed by atoms with Crippen molar-refractivity contribution in [2.75, 3.05) is 13.9 Å². The third-order valence-corrected chi connectivity index (χ3v) is 3.54. The number of fused-ring (bicyclic) bond motifs is 2. The Bertz CT molecular complexity index is 894. The van der Waals surface area contributed by atoms with E-state index in [9.17, 15) is 4.79 Å². The average molecular weight is 284 g/mol. The number of nitrogens with one attached hydrogen (secondary N) is 2. The van der Waals surface area contributed by atoms with E-state index < -0.39 is 0 Å². The summed E-state index contributed by atoms with van der Waals surface area (Å²) in [5.74, 6) is 1.99. The van der Waals surface area contributed by atoms with Crippen molar-refractivity contribution in [1.29, 1.82) is 0 Å². The van der Waals surface area contributed by atoms with E-state index in [0.29, 0.717) is 17.2 Å². The normalized spacial score (nSPS) is 12.8. The van der Waals surface area contributed by atoms with Gasteiger partial charge in [0.1, 0.15) is 5.75 Å². The number of methoxy groups -OCH3 is 1. The van der Waals surface area contributed by atoms with Gasteiger partial charge in [-0.3, -0.25) is 0 Å². The molecule has 1 aliphatic rings. The molecule has 1 aromatic heterocycles. The van der Waals surface area contributed by atoms with E-state index >= 15 is 0 Å². The van der Waals surface area contributed by atoms with Gasteiger partial charge < -0.3 is 24.2 Å². The molecule has 3 aromatic rings. The SMILES string of the molecule is COc1cc2c(cc1-c1cccc3[nH]c(=O)[nH]c13)OCO2. The number of aromatic amines is 2. The van der Waals surface area contributed by atoms with Crippen molar-refractivity contribution in [3.8, 4) is 28.4 Å². The number of rotatable bonds is 2. The summed E-state index contributed by atoms with van der Waals surface area (Å²) in [5.41, 5.74) is 2.94. The molecule has 0 aliphatic carbocycles. The molecular weight excluding hydrogens is 272 g/mol. The van der Waals surface area contributed by atoms with Gasteiger partial charge in [0.25, 0.3) is 0 Å². The Balaban J connectivity index is 2.02. The van der Waals surface area contributed by atoms with Crippen LogP contribution in [0.3, 0.4) is 0 Å². The predicted molar refractivity (Wildman–Crippen MR) is 77.0 cm³/mol. The maximum atomic E-state index is 11.5. The number of H-pyrrole nitrogens is 2. The highest BCUT2D eigenvalue weighted by molar-refractivity contribution is 5.94. The minimum Gasteiger partial charge on any atom is -0.496 e. The maximum absolute atomic E-state index is 11.5. The number of aromatic nitrogens is 2. The van der Waals surface area contributed by atoms with E-state index in [1.54, 1.807) is 13.2 Å². The highest BCUT2D eigenvalue weighted by Gasteiger charge is 2.20. The zero-order valence-corrected chi connectivity index (χ0v) is 11.2. The Morgan fingerprint density at radius 1 is 1.10 bits per heavy atom. The topological polar surface area (TPSA) is 76.3 Å². The van der Waals surface area contributed by atoms with Crippen LogP contribution < -0.4 is 19.9 Å². The molecule has 2 aromatic carbocycles. The summed E-state index contributed by atoms with van der Waals surface area (Å²) < 4.78 is 16.2. The summed E-state index contributed by atoms with van der Waals surface area (Å²) in [4.78, 5) is 17.1. The van der Waals surface area contributed by atoms with E-state index in [4.69, 9.17) is 14.2 Å².